The number of nitrogens with zero attached hydrogens (tertiary/aromatic N) is 1. The van der Waals surface area contributed by atoms with Crippen molar-refractivity contribution >= 4 is 26.0 Å². The predicted molar refractivity (Wildman–Crippen MR) is 67.8 cm³/mol. The van der Waals surface area contributed by atoms with E-state index < -0.39 is 27.6 Å². The normalized spacial score (nSPS) is 15.8. The van der Waals surface area contributed by atoms with Crippen LogP contribution in [0.5, 0.6) is 5.75 Å². The lowest BCUT2D eigenvalue weighted by Crippen LogP contribution is -2.44. The van der Waals surface area contributed by atoms with Crippen LogP contribution in [0.15, 0.2) is 16.7 Å². The van der Waals surface area contributed by atoms with Crippen LogP contribution in [-0.2, 0) is 19.9 Å². The number of hydrogen-bond donors (Lipinski definition) is 0. The zero-order valence-corrected chi connectivity index (χ0v) is 13.1. The SMILES string of the molecule is COc1ccc(C(C)(OS(C)(=O)=O)C(F)(F)F)nc1Br. The number of hydrogen-bond acceptors (Lipinski definition) is 5. The van der Waals surface area contributed by atoms with Gasteiger partial charge in [-0.3, -0.25) is 0 Å². The van der Waals surface area contributed by atoms with Gasteiger partial charge in [-0.1, -0.05) is 0 Å². The Hall–Kier alpha value is -0.870. The number of ether oxygens (including phenoxy) is 1. The molecule has 10 heteroatoms. The molecule has 1 aromatic heterocycles. The van der Waals surface area contributed by atoms with Crippen LogP contribution in [0.4, 0.5) is 13.2 Å². The molecule has 1 rings (SSSR count). The van der Waals surface area contributed by atoms with Gasteiger partial charge in [-0.05, 0) is 35.0 Å². The molecule has 0 aliphatic heterocycles. The van der Waals surface area contributed by atoms with Gasteiger partial charge in [0, 0.05) is 0 Å². The fourth-order valence-electron chi connectivity index (χ4n) is 1.38. The summed E-state index contributed by atoms with van der Waals surface area (Å²) in [4.78, 5) is 3.65. The van der Waals surface area contributed by atoms with E-state index in [4.69, 9.17) is 4.74 Å². The quantitative estimate of drug-likeness (QED) is 0.595. The van der Waals surface area contributed by atoms with Gasteiger partial charge in [0.1, 0.15) is 4.60 Å². The number of rotatable bonds is 4. The van der Waals surface area contributed by atoms with Gasteiger partial charge < -0.3 is 4.74 Å². The fourth-order valence-corrected chi connectivity index (χ4v) is 2.65. The first-order valence-corrected chi connectivity index (χ1v) is 7.70. The second-order valence-corrected chi connectivity index (χ2v) is 6.33. The Kier molecular flexibility index (Phi) is 4.72. The average molecular weight is 378 g/mol. The Labute approximate surface area is 122 Å². The summed E-state index contributed by atoms with van der Waals surface area (Å²) in [6.07, 6.45) is -4.44. The van der Waals surface area contributed by atoms with Crippen molar-refractivity contribution in [2.45, 2.75) is 18.7 Å². The van der Waals surface area contributed by atoms with Crippen LogP contribution in [0.1, 0.15) is 12.6 Å². The molecule has 0 amide bonds. The van der Waals surface area contributed by atoms with Crippen molar-refractivity contribution in [3.8, 4) is 5.75 Å². The molecular formula is C10H11BrF3NO4S. The average Bonchev–Trinajstić information content (AvgIpc) is 2.25. The van der Waals surface area contributed by atoms with Gasteiger partial charge in [0.15, 0.2) is 5.75 Å². The van der Waals surface area contributed by atoms with Gasteiger partial charge in [0.05, 0.1) is 19.1 Å². The minimum atomic E-state index is -4.98. The number of pyridine rings is 1. The lowest BCUT2D eigenvalue weighted by Gasteiger charge is -2.30. The van der Waals surface area contributed by atoms with Crippen LogP contribution in [0.25, 0.3) is 0 Å². The summed E-state index contributed by atoms with van der Waals surface area (Å²) < 4.78 is 70.7. The zero-order valence-electron chi connectivity index (χ0n) is 10.7. The van der Waals surface area contributed by atoms with E-state index in [0.29, 0.717) is 13.2 Å². The van der Waals surface area contributed by atoms with E-state index >= 15 is 0 Å². The molecule has 1 atom stereocenters. The van der Waals surface area contributed by atoms with E-state index in [0.717, 1.165) is 6.07 Å². The van der Waals surface area contributed by atoms with Crippen LogP contribution < -0.4 is 4.74 Å². The van der Waals surface area contributed by atoms with Crippen LogP contribution in [0, 0.1) is 0 Å². The minimum Gasteiger partial charge on any atom is -0.494 e. The maximum absolute atomic E-state index is 13.2. The van der Waals surface area contributed by atoms with Gasteiger partial charge >= 0.3 is 6.18 Å². The third-order valence-corrected chi connectivity index (χ3v) is 3.59. The molecule has 0 saturated heterocycles. The summed E-state index contributed by atoms with van der Waals surface area (Å²) >= 11 is 2.94. The monoisotopic (exact) mass is 377 g/mol. The molecule has 0 saturated carbocycles. The van der Waals surface area contributed by atoms with E-state index in [-0.39, 0.29) is 10.4 Å². The van der Waals surface area contributed by atoms with Crippen LogP contribution >= 0.6 is 15.9 Å². The highest BCUT2D eigenvalue weighted by Gasteiger charge is 2.57. The Morgan fingerprint density at radius 1 is 1.30 bits per heavy atom. The van der Waals surface area contributed by atoms with Crippen molar-refractivity contribution in [3.63, 3.8) is 0 Å². The molecule has 0 aliphatic carbocycles. The second kappa shape index (κ2) is 5.49. The van der Waals surface area contributed by atoms with Gasteiger partial charge in [-0.25, -0.2) is 9.17 Å². The highest BCUT2D eigenvalue weighted by atomic mass is 79.9. The fraction of sp³-hybridized carbons (Fsp3) is 0.500. The summed E-state index contributed by atoms with van der Waals surface area (Å²) in [5.41, 5.74) is -3.70. The molecule has 0 fully saturated rings. The van der Waals surface area contributed by atoms with Crippen molar-refractivity contribution in [2.24, 2.45) is 0 Å². The molecular weight excluding hydrogens is 367 g/mol. The maximum Gasteiger partial charge on any atom is 0.424 e. The third kappa shape index (κ3) is 3.61. The molecule has 0 radical (unpaired) electrons. The van der Waals surface area contributed by atoms with E-state index in [1.807, 2.05) is 0 Å². The van der Waals surface area contributed by atoms with E-state index in [2.05, 4.69) is 25.1 Å². The van der Waals surface area contributed by atoms with E-state index in [1.165, 1.54) is 13.2 Å². The van der Waals surface area contributed by atoms with Crippen molar-refractivity contribution < 1.29 is 30.5 Å². The lowest BCUT2D eigenvalue weighted by molar-refractivity contribution is -0.247. The highest BCUT2D eigenvalue weighted by Crippen LogP contribution is 2.43. The van der Waals surface area contributed by atoms with Crippen molar-refractivity contribution in [1.29, 1.82) is 0 Å². The molecule has 0 aromatic carbocycles. The van der Waals surface area contributed by atoms with Gasteiger partial charge in [0.25, 0.3) is 10.1 Å². The summed E-state index contributed by atoms with van der Waals surface area (Å²) in [5.74, 6) is 0.206. The van der Waals surface area contributed by atoms with Crippen LogP contribution in [0.3, 0.4) is 0 Å². The van der Waals surface area contributed by atoms with Gasteiger partial charge in [-0.15, -0.1) is 0 Å². The third-order valence-electron chi connectivity index (χ3n) is 2.38. The number of aromatic nitrogens is 1. The summed E-state index contributed by atoms with van der Waals surface area (Å²) in [7, 11) is -3.03. The highest BCUT2D eigenvalue weighted by molar-refractivity contribution is 9.10. The van der Waals surface area contributed by atoms with Gasteiger partial charge in [-0.2, -0.15) is 21.6 Å². The standard InChI is InChI=1S/C10H11BrF3NO4S/c1-9(10(12,13)14,19-20(3,16)17)7-5-4-6(18-2)8(11)15-7/h4-5H,1-3H3. The predicted octanol–water partition coefficient (Wildman–Crippen LogP) is 2.61. The largest absolute Gasteiger partial charge is 0.494 e. The van der Waals surface area contributed by atoms with Gasteiger partial charge in [0.2, 0.25) is 5.60 Å². The molecule has 20 heavy (non-hydrogen) atoms. The topological polar surface area (TPSA) is 65.5 Å². The molecule has 0 spiro atoms. The zero-order chi connectivity index (χ0) is 15.8. The minimum absolute atomic E-state index is 0.00470. The molecule has 1 unspecified atom stereocenters. The maximum atomic E-state index is 13.2. The van der Waals surface area contributed by atoms with E-state index in [1.54, 1.807) is 0 Å². The second-order valence-electron chi connectivity index (χ2n) is 4.01. The summed E-state index contributed by atoms with van der Waals surface area (Å²) in [6, 6.07) is 2.21. The number of methoxy groups -OCH3 is 1. The first-order chi connectivity index (χ1) is 8.90. The van der Waals surface area contributed by atoms with Crippen molar-refractivity contribution in [2.75, 3.05) is 13.4 Å². The summed E-state index contributed by atoms with van der Waals surface area (Å²) in [6.45, 7) is 0.593. The first-order valence-electron chi connectivity index (χ1n) is 5.09. The Morgan fingerprint density at radius 3 is 2.20 bits per heavy atom. The molecule has 114 valence electrons. The molecule has 0 aliphatic rings. The smallest absolute Gasteiger partial charge is 0.424 e. The Bertz CT molecular complexity index is 605. The molecule has 5 nitrogen and oxygen atoms in total. The number of alkyl halides is 3. The molecule has 0 N–H and O–H groups in total. The first kappa shape index (κ1) is 17.2. The Balaban J connectivity index is 3.43. The summed E-state index contributed by atoms with van der Waals surface area (Å²) in [5, 5.41) is 0. The molecule has 1 heterocycles. The molecule has 0 bridgehead atoms. The van der Waals surface area contributed by atoms with Crippen LogP contribution in [-0.4, -0.2) is 32.9 Å². The van der Waals surface area contributed by atoms with Crippen LogP contribution in [0.2, 0.25) is 0 Å². The Morgan fingerprint density at radius 2 is 1.85 bits per heavy atom. The van der Waals surface area contributed by atoms with E-state index in [9.17, 15) is 21.6 Å². The molecule has 1 aromatic rings. The van der Waals surface area contributed by atoms with Crippen molar-refractivity contribution in [3.05, 3.63) is 22.4 Å². The lowest BCUT2D eigenvalue weighted by atomic mass is 10.0. The number of halogens is 4. The van der Waals surface area contributed by atoms with Crippen molar-refractivity contribution in [1.82, 2.24) is 4.98 Å².